The summed E-state index contributed by atoms with van der Waals surface area (Å²) in [5.74, 6) is -0.351. The molecule has 0 bridgehead atoms. The fourth-order valence-electron chi connectivity index (χ4n) is 2.44. The minimum absolute atomic E-state index is 0.225. The van der Waals surface area contributed by atoms with Gasteiger partial charge >= 0.3 is 0 Å². The summed E-state index contributed by atoms with van der Waals surface area (Å²) in [6.07, 6.45) is 1.16. The maximum absolute atomic E-state index is 12.5. The molecule has 2 aromatic carbocycles. The van der Waals surface area contributed by atoms with Gasteiger partial charge in [-0.25, -0.2) is 18.4 Å². The number of nitrogens with one attached hydrogen (secondary N) is 1. The summed E-state index contributed by atoms with van der Waals surface area (Å²) in [4.78, 5) is 21.4. The molecule has 4 aromatic rings. The third-order valence-electron chi connectivity index (χ3n) is 3.77. The molecular weight excluding hydrogens is 402 g/mol. The van der Waals surface area contributed by atoms with Gasteiger partial charge in [0.05, 0.1) is 15.1 Å². The molecule has 0 aliphatic heterocycles. The van der Waals surface area contributed by atoms with E-state index >= 15 is 0 Å². The normalized spacial score (nSPS) is 11.6. The zero-order valence-electron chi connectivity index (χ0n) is 14.0. The lowest BCUT2D eigenvalue weighted by Gasteiger charge is -1.97. The van der Waals surface area contributed by atoms with E-state index in [1.165, 1.54) is 28.7 Å². The average Bonchev–Trinajstić information content (AvgIpc) is 3.27. The first-order valence-electron chi connectivity index (χ1n) is 7.83. The Morgan fingerprint density at radius 3 is 2.59 bits per heavy atom. The fraction of sp³-hybridized carbons (Fsp3) is 0.0556. The van der Waals surface area contributed by atoms with Crippen LogP contribution in [0.5, 0.6) is 0 Å². The van der Waals surface area contributed by atoms with Gasteiger partial charge in [-0.2, -0.15) is 0 Å². The number of fused-ring (bicyclic) bond motifs is 1. The molecule has 0 atom stereocenters. The van der Waals surface area contributed by atoms with Crippen molar-refractivity contribution in [3.63, 3.8) is 0 Å². The summed E-state index contributed by atoms with van der Waals surface area (Å²) >= 11 is 2.62. The number of aromatic nitrogens is 2. The van der Waals surface area contributed by atoms with E-state index in [2.05, 4.69) is 15.3 Å². The van der Waals surface area contributed by atoms with E-state index in [-0.39, 0.29) is 10.8 Å². The molecule has 4 rings (SSSR count). The Hall–Kier alpha value is -2.62. The van der Waals surface area contributed by atoms with Crippen LogP contribution in [0.25, 0.3) is 20.8 Å². The number of benzene rings is 2. The first kappa shape index (κ1) is 17.8. The molecule has 0 aliphatic carbocycles. The predicted molar refractivity (Wildman–Crippen MR) is 108 cm³/mol. The molecule has 27 heavy (non-hydrogen) atoms. The van der Waals surface area contributed by atoms with Crippen LogP contribution in [0.2, 0.25) is 0 Å². The number of amides is 1. The van der Waals surface area contributed by atoms with Crippen molar-refractivity contribution in [3.05, 3.63) is 59.6 Å². The van der Waals surface area contributed by atoms with Gasteiger partial charge in [-0.1, -0.05) is 41.7 Å². The highest BCUT2D eigenvalue weighted by Crippen LogP contribution is 2.29. The molecule has 0 saturated carbocycles. The first-order valence-corrected chi connectivity index (χ1v) is 11.4. The van der Waals surface area contributed by atoms with E-state index in [1.807, 2.05) is 30.3 Å². The molecule has 2 heterocycles. The summed E-state index contributed by atoms with van der Waals surface area (Å²) in [6.45, 7) is 0. The number of thiazole rings is 2. The predicted octanol–water partition coefficient (Wildman–Crippen LogP) is 4.08. The summed E-state index contributed by atoms with van der Waals surface area (Å²) in [5, 5.41) is 5.60. The quantitative estimate of drug-likeness (QED) is 0.543. The Kier molecular flexibility index (Phi) is 4.50. The lowest BCUT2D eigenvalue weighted by molar-refractivity contribution is 0.102. The Balaban J connectivity index is 1.57. The number of carbonyl (C=O) groups is 1. The van der Waals surface area contributed by atoms with Gasteiger partial charge in [0.15, 0.2) is 15.0 Å². The zero-order valence-corrected chi connectivity index (χ0v) is 16.5. The van der Waals surface area contributed by atoms with Gasteiger partial charge in [0.1, 0.15) is 10.7 Å². The molecule has 0 spiro atoms. The fourth-order valence-corrected chi connectivity index (χ4v) is 4.87. The second kappa shape index (κ2) is 6.84. The number of anilines is 1. The molecule has 0 radical (unpaired) electrons. The Morgan fingerprint density at radius 1 is 1.07 bits per heavy atom. The van der Waals surface area contributed by atoms with E-state index in [4.69, 9.17) is 0 Å². The maximum Gasteiger partial charge on any atom is 0.276 e. The topological polar surface area (TPSA) is 89.0 Å². The van der Waals surface area contributed by atoms with Crippen LogP contribution in [0.4, 0.5) is 5.13 Å². The van der Waals surface area contributed by atoms with Crippen molar-refractivity contribution in [3.8, 4) is 10.6 Å². The van der Waals surface area contributed by atoms with Crippen molar-refractivity contribution in [1.82, 2.24) is 9.97 Å². The highest BCUT2D eigenvalue weighted by molar-refractivity contribution is 7.90. The van der Waals surface area contributed by atoms with Gasteiger partial charge in [0, 0.05) is 17.2 Å². The largest absolute Gasteiger partial charge is 0.296 e. The number of sulfone groups is 1. The van der Waals surface area contributed by atoms with Crippen molar-refractivity contribution in [2.24, 2.45) is 0 Å². The highest BCUT2D eigenvalue weighted by atomic mass is 32.2. The van der Waals surface area contributed by atoms with Crippen LogP contribution in [0.3, 0.4) is 0 Å². The molecule has 0 saturated heterocycles. The Morgan fingerprint density at radius 2 is 1.85 bits per heavy atom. The van der Waals surface area contributed by atoms with E-state index in [9.17, 15) is 13.2 Å². The van der Waals surface area contributed by atoms with E-state index in [0.717, 1.165) is 16.8 Å². The molecule has 2 aromatic heterocycles. The van der Waals surface area contributed by atoms with Gasteiger partial charge in [-0.05, 0) is 18.2 Å². The summed E-state index contributed by atoms with van der Waals surface area (Å²) in [7, 11) is -3.29. The molecule has 136 valence electrons. The third kappa shape index (κ3) is 3.75. The summed E-state index contributed by atoms with van der Waals surface area (Å²) in [5.41, 5.74) is 1.90. The highest BCUT2D eigenvalue weighted by Gasteiger charge is 2.15. The molecular formula is C18H13N3O3S3. The van der Waals surface area contributed by atoms with Crippen molar-refractivity contribution in [2.45, 2.75) is 4.90 Å². The van der Waals surface area contributed by atoms with Crippen LogP contribution in [0, 0.1) is 0 Å². The van der Waals surface area contributed by atoms with Gasteiger partial charge < -0.3 is 0 Å². The van der Waals surface area contributed by atoms with Crippen molar-refractivity contribution >= 4 is 53.8 Å². The molecule has 0 aliphatic rings. The lowest BCUT2D eigenvalue weighted by Crippen LogP contribution is -2.11. The number of rotatable bonds is 4. The summed E-state index contributed by atoms with van der Waals surface area (Å²) < 4.78 is 24.0. The van der Waals surface area contributed by atoms with E-state index in [1.54, 1.807) is 17.5 Å². The molecule has 0 fully saturated rings. The number of nitrogens with zero attached hydrogens (tertiary/aromatic N) is 2. The van der Waals surface area contributed by atoms with Gasteiger partial charge in [-0.3, -0.25) is 10.1 Å². The van der Waals surface area contributed by atoms with Crippen molar-refractivity contribution in [2.75, 3.05) is 11.6 Å². The van der Waals surface area contributed by atoms with Crippen LogP contribution < -0.4 is 5.32 Å². The molecule has 9 heteroatoms. The van der Waals surface area contributed by atoms with Crippen LogP contribution in [0.15, 0.2) is 58.8 Å². The van der Waals surface area contributed by atoms with Gasteiger partial charge in [-0.15, -0.1) is 11.3 Å². The molecule has 1 N–H and O–H groups in total. The summed E-state index contributed by atoms with van der Waals surface area (Å²) in [6, 6.07) is 14.3. The Labute approximate surface area is 163 Å². The smallest absolute Gasteiger partial charge is 0.276 e. The zero-order chi connectivity index (χ0) is 19.0. The number of hydrogen-bond acceptors (Lipinski definition) is 7. The standard InChI is InChI=1S/C18H13N3O3S3/c1-27(23,24)12-7-8-13-15(9-12)26-18(20-13)21-16(22)14-10-25-17(19-14)11-5-3-2-4-6-11/h2-10H,1H3,(H,20,21,22). The average molecular weight is 416 g/mol. The Bertz CT molecular complexity index is 1240. The lowest BCUT2D eigenvalue weighted by atomic mass is 10.2. The first-order chi connectivity index (χ1) is 12.9. The minimum Gasteiger partial charge on any atom is -0.296 e. The van der Waals surface area contributed by atoms with Gasteiger partial charge in [0.25, 0.3) is 5.91 Å². The second-order valence-electron chi connectivity index (χ2n) is 5.78. The van der Waals surface area contributed by atoms with E-state index in [0.29, 0.717) is 21.0 Å². The molecule has 1 amide bonds. The number of carbonyl (C=O) groups excluding carboxylic acids is 1. The van der Waals surface area contributed by atoms with Crippen molar-refractivity contribution in [1.29, 1.82) is 0 Å². The molecule has 0 unspecified atom stereocenters. The number of hydrogen-bond donors (Lipinski definition) is 1. The monoisotopic (exact) mass is 415 g/mol. The maximum atomic E-state index is 12.5. The minimum atomic E-state index is -3.29. The van der Waals surface area contributed by atoms with Crippen molar-refractivity contribution < 1.29 is 13.2 Å². The van der Waals surface area contributed by atoms with Crippen LogP contribution in [-0.2, 0) is 9.84 Å². The SMILES string of the molecule is CS(=O)(=O)c1ccc2nc(NC(=O)c3csc(-c4ccccc4)n3)sc2c1. The van der Waals surface area contributed by atoms with Crippen LogP contribution >= 0.6 is 22.7 Å². The van der Waals surface area contributed by atoms with Gasteiger partial charge in [0.2, 0.25) is 0 Å². The van der Waals surface area contributed by atoms with E-state index < -0.39 is 9.84 Å². The molecule has 6 nitrogen and oxygen atoms in total. The van der Waals surface area contributed by atoms with Crippen LogP contribution in [0.1, 0.15) is 10.5 Å². The van der Waals surface area contributed by atoms with Crippen LogP contribution in [-0.4, -0.2) is 30.5 Å². The second-order valence-corrected chi connectivity index (χ2v) is 9.68. The third-order valence-corrected chi connectivity index (χ3v) is 6.70.